The third-order valence-electron chi connectivity index (χ3n) is 5.48. The number of amides is 1. The van der Waals surface area contributed by atoms with Gasteiger partial charge in [-0.15, -0.1) is 0 Å². The van der Waals surface area contributed by atoms with Crippen molar-refractivity contribution >= 4 is 33.6 Å². The lowest BCUT2D eigenvalue weighted by Gasteiger charge is -2.45. The van der Waals surface area contributed by atoms with Crippen LogP contribution in [-0.4, -0.2) is 46.7 Å². The van der Waals surface area contributed by atoms with Crippen molar-refractivity contribution in [2.75, 3.05) is 19.6 Å². The van der Waals surface area contributed by atoms with E-state index < -0.39 is 5.60 Å². The number of ether oxygens (including phenoxy) is 1. The van der Waals surface area contributed by atoms with Gasteiger partial charge in [-0.1, -0.05) is 23.7 Å². The molecule has 2 heterocycles. The fraction of sp³-hybridized carbons (Fsp3) is 0.650. The van der Waals surface area contributed by atoms with Gasteiger partial charge < -0.3 is 9.64 Å². The number of hydrogen-bond donors (Lipinski definition) is 0. The Labute approximate surface area is 169 Å². The van der Waals surface area contributed by atoms with Gasteiger partial charge in [-0.05, 0) is 80.6 Å². The molecule has 1 spiro atoms. The average molecular weight is 444 g/mol. The molecular weight excluding hydrogens is 416 g/mol. The maximum absolute atomic E-state index is 12.3. The van der Waals surface area contributed by atoms with Gasteiger partial charge in [0.05, 0.1) is 5.02 Å². The predicted octanol–water partition coefficient (Wildman–Crippen LogP) is 5.47. The summed E-state index contributed by atoms with van der Waals surface area (Å²) >= 11 is 9.89. The number of carbonyl (C=O) groups excluding carboxylic acids is 1. The molecule has 0 aromatic heterocycles. The van der Waals surface area contributed by atoms with Crippen LogP contribution in [0.3, 0.4) is 0 Å². The summed E-state index contributed by atoms with van der Waals surface area (Å²) in [5.74, 6) is 0. The highest BCUT2D eigenvalue weighted by molar-refractivity contribution is 9.10. The Morgan fingerprint density at radius 2 is 1.92 bits per heavy atom. The highest BCUT2D eigenvalue weighted by Crippen LogP contribution is 2.40. The third-order valence-corrected chi connectivity index (χ3v) is 6.96. The van der Waals surface area contributed by atoms with Crippen LogP contribution >= 0.6 is 27.5 Å². The second-order valence-corrected chi connectivity index (χ2v) is 9.63. The topological polar surface area (TPSA) is 32.8 Å². The summed E-state index contributed by atoms with van der Waals surface area (Å²) in [5, 5.41) is 0.760. The van der Waals surface area contributed by atoms with Crippen molar-refractivity contribution in [3.05, 3.63) is 33.3 Å². The Hall–Kier alpha value is -0.780. The minimum absolute atomic E-state index is 0.186. The summed E-state index contributed by atoms with van der Waals surface area (Å²) in [6, 6.07) is 6.06. The molecule has 0 saturated carbocycles. The van der Waals surface area contributed by atoms with Crippen molar-refractivity contribution in [1.29, 1.82) is 0 Å². The van der Waals surface area contributed by atoms with Gasteiger partial charge in [0.25, 0.3) is 0 Å². The number of likely N-dealkylation sites (tertiary alicyclic amines) is 2. The number of nitrogens with zero attached hydrogens (tertiary/aromatic N) is 2. The molecule has 1 amide bonds. The van der Waals surface area contributed by atoms with Crippen LogP contribution in [0.15, 0.2) is 22.7 Å². The first-order valence-electron chi connectivity index (χ1n) is 9.36. The van der Waals surface area contributed by atoms with Gasteiger partial charge in [0, 0.05) is 29.6 Å². The molecule has 3 rings (SSSR count). The molecule has 6 heteroatoms. The molecule has 0 N–H and O–H groups in total. The van der Waals surface area contributed by atoms with Gasteiger partial charge in [-0.3, -0.25) is 4.90 Å². The molecule has 2 saturated heterocycles. The van der Waals surface area contributed by atoms with Gasteiger partial charge in [0.1, 0.15) is 5.60 Å². The van der Waals surface area contributed by atoms with Crippen molar-refractivity contribution in [2.24, 2.45) is 0 Å². The zero-order valence-corrected chi connectivity index (χ0v) is 18.2. The van der Waals surface area contributed by atoms with Gasteiger partial charge in [0.2, 0.25) is 0 Å². The largest absolute Gasteiger partial charge is 0.444 e. The van der Waals surface area contributed by atoms with Crippen molar-refractivity contribution in [1.82, 2.24) is 9.80 Å². The van der Waals surface area contributed by atoms with Gasteiger partial charge in [-0.2, -0.15) is 0 Å². The summed E-state index contributed by atoms with van der Waals surface area (Å²) in [6.07, 6.45) is 4.24. The highest BCUT2D eigenvalue weighted by Gasteiger charge is 2.44. The van der Waals surface area contributed by atoms with Gasteiger partial charge in [0.15, 0.2) is 0 Å². The van der Waals surface area contributed by atoms with Gasteiger partial charge in [-0.25, -0.2) is 4.79 Å². The smallest absolute Gasteiger partial charge is 0.410 e. The fourth-order valence-corrected chi connectivity index (χ4v) is 4.70. The minimum atomic E-state index is -0.440. The van der Waals surface area contributed by atoms with E-state index in [0.29, 0.717) is 0 Å². The summed E-state index contributed by atoms with van der Waals surface area (Å²) in [7, 11) is 0. The van der Waals surface area contributed by atoms with E-state index in [4.69, 9.17) is 16.3 Å². The maximum Gasteiger partial charge on any atom is 0.410 e. The van der Waals surface area contributed by atoms with E-state index in [0.717, 1.165) is 48.5 Å². The van der Waals surface area contributed by atoms with Crippen LogP contribution in [0.2, 0.25) is 5.02 Å². The SMILES string of the molecule is CC(C)(C)OC(=O)N1CCC2(CCCN2Cc2cccc(Cl)c2Br)CC1. The number of halogens is 2. The quantitative estimate of drug-likeness (QED) is 0.608. The van der Waals surface area contributed by atoms with Crippen LogP contribution in [0.25, 0.3) is 0 Å². The molecule has 144 valence electrons. The first kappa shape index (κ1) is 20.0. The zero-order chi connectivity index (χ0) is 18.9. The second-order valence-electron chi connectivity index (χ2n) is 8.43. The Kier molecular flexibility index (Phi) is 5.90. The van der Waals surface area contributed by atoms with Crippen molar-refractivity contribution in [2.45, 2.75) is 64.1 Å². The molecule has 0 atom stereocenters. The van der Waals surface area contributed by atoms with Crippen LogP contribution in [0.4, 0.5) is 4.79 Å². The Balaban J connectivity index is 1.65. The maximum atomic E-state index is 12.3. The molecule has 0 bridgehead atoms. The fourth-order valence-electron chi connectivity index (χ4n) is 4.12. The molecule has 1 aromatic rings. The lowest BCUT2D eigenvalue weighted by Crippen LogP contribution is -2.53. The third kappa shape index (κ3) is 4.37. The molecular formula is C20H28BrClN2O2. The molecule has 0 aliphatic carbocycles. The first-order chi connectivity index (χ1) is 12.2. The molecule has 26 heavy (non-hydrogen) atoms. The molecule has 4 nitrogen and oxygen atoms in total. The van der Waals surface area contributed by atoms with E-state index in [1.165, 1.54) is 18.4 Å². The summed E-state index contributed by atoms with van der Waals surface area (Å²) in [4.78, 5) is 16.8. The van der Waals surface area contributed by atoms with Gasteiger partial charge >= 0.3 is 6.09 Å². The van der Waals surface area contributed by atoms with Crippen LogP contribution in [-0.2, 0) is 11.3 Å². The summed E-state index contributed by atoms with van der Waals surface area (Å²) in [5.41, 5.74) is 0.985. The number of carbonyl (C=O) groups is 1. The van der Waals surface area contributed by atoms with E-state index in [2.05, 4.69) is 26.9 Å². The van der Waals surface area contributed by atoms with Crippen LogP contribution in [0.1, 0.15) is 52.0 Å². The zero-order valence-electron chi connectivity index (χ0n) is 15.9. The van der Waals surface area contributed by atoms with Crippen molar-refractivity contribution < 1.29 is 9.53 Å². The molecule has 2 fully saturated rings. The van der Waals surface area contributed by atoms with E-state index in [1.54, 1.807) is 0 Å². The van der Waals surface area contributed by atoms with Crippen LogP contribution < -0.4 is 0 Å². The van der Waals surface area contributed by atoms with E-state index in [1.807, 2.05) is 37.8 Å². The van der Waals surface area contributed by atoms with E-state index in [9.17, 15) is 4.79 Å². The average Bonchev–Trinajstić information content (AvgIpc) is 2.93. The van der Waals surface area contributed by atoms with Crippen LogP contribution in [0.5, 0.6) is 0 Å². The summed E-state index contributed by atoms with van der Waals surface area (Å²) < 4.78 is 6.53. The summed E-state index contributed by atoms with van der Waals surface area (Å²) in [6.45, 7) is 9.27. The number of hydrogen-bond acceptors (Lipinski definition) is 3. The Bertz CT molecular complexity index is 666. The predicted molar refractivity (Wildman–Crippen MR) is 109 cm³/mol. The normalized spacial score (nSPS) is 20.6. The molecule has 0 unspecified atom stereocenters. The van der Waals surface area contributed by atoms with E-state index in [-0.39, 0.29) is 11.6 Å². The standard InChI is InChI=1S/C20H28BrClN2O2/c1-19(2,3)26-18(25)23-12-9-20(10-13-23)8-5-11-24(20)14-15-6-4-7-16(22)17(15)21/h4,6-7H,5,8-14H2,1-3H3. The van der Waals surface area contributed by atoms with Crippen LogP contribution in [0, 0.1) is 0 Å². The Morgan fingerprint density at radius 3 is 2.58 bits per heavy atom. The Morgan fingerprint density at radius 1 is 1.23 bits per heavy atom. The number of benzene rings is 1. The first-order valence-corrected chi connectivity index (χ1v) is 10.5. The van der Waals surface area contributed by atoms with E-state index >= 15 is 0 Å². The molecule has 1 aromatic carbocycles. The minimum Gasteiger partial charge on any atom is -0.444 e. The second kappa shape index (κ2) is 7.69. The molecule has 0 radical (unpaired) electrons. The lowest BCUT2D eigenvalue weighted by molar-refractivity contribution is 0.00162. The monoisotopic (exact) mass is 442 g/mol. The highest BCUT2D eigenvalue weighted by atomic mass is 79.9. The lowest BCUT2D eigenvalue weighted by atomic mass is 9.85. The van der Waals surface area contributed by atoms with Crippen molar-refractivity contribution in [3.63, 3.8) is 0 Å². The number of piperidine rings is 1. The van der Waals surface area contributed by atoms with Crippen molar-refractivity contribution in [3.8, 4) is 0 Å². The number of rotatable bonds is 2. The molecule has 2 aliphatic rings. The molecule has 2 aliphatic heterocycles.